The zero-order chi connectivity index (χ0) is 9.84. The SMILES string of the molecule is CCc1cc(C(=O)OF)ccc1Cl. The molecule has 0 spiro atoms. The molecule has 1 aromatic rings. The summed E-state index contributed by atoms with van der Waals surface area (Å²) in [6.07, 6.45) is 0.687. The average Bonchev–Trinajstić information content (AvgIpc) is 2.17. The Kier molecular flexibility index (Phi) is 3.25. The Bertz CT molecular complexity index is 325. The molecule has 0 saturated heterocycles. The quantitative estimate of drug-likeness (QED) is 0.737. The van der Waals surface area contributed by atoms with Crippen LogP contribution in [0, 0.1) is 0 Å². The minimum atomic E-state index is -0.994. The van der Waals surface area contributed by atoms with Crippen molar-refractivity contribution in [2.24, 2.45) is 0 Å². The Morgan fingerprint density at radius 2 is 2.31 bits per heavy atom. The van der Waals surface area contributed by atoms with Crippen molar-refractivity contribution in [1.29, 1.82) is 0 Å². The van der Waals surface area contributed by atoms with E-state index in [1.807, 2.05) is 6.92 Å². The molecule has 2 nitrogen and oxygen atoms in total. The van der Waals surface area contributed by atoms with Gasteiger partial charge in [0.25, 0.3) is 0 Å². The summed E-state index contributed by atoms with van der Waals surface area (Å²) in [6.45, 7) is 1.89. The van der Waals surface area contributed by atoms with Crippen LogP contribution < -0.4 is 0 Å². The molecule has 0 N–H and O–H groups in total. The standard InChI is InChI=1S/C9H8ClFO2/c1-2-6-5-7(9(12)13-11)3-4-8(6)10/h3-5H,2H2,1H3. The molecular weight excluding hydrogens is 195 g/mol. The van der Waals surface area contributed by atoms with Gasteiger partial charge in [-0.05, 0) is 30.2 Å². The molecule has 13 heavy (non-hydrogen) atoms. The lowest BCUT2D eigenvalue weighted by Gasteiger charge is -2.01. The van der Waals surface area contributed by atoms with Crippen LogP contribution in [-0.2, 0) is 11.4 Å². The topological polar surface area (TPSA) is 26.3 Å². The van der Waals surface area contributed by atoms with E-state index in [-0.39, 0.29) is 5.56 Å². The summed E-state index contributed by atoms with van der Waals surface area (Å²) in [5, 5.41) is 0.568. The summed E-state index contributed by atoms with van der Waals surface area (Å²) in [7, 11) is 0. The van der Waals surface area contributed by atoms with Gasteiger partial charge in [-0.15, -0.1) is 0 Å². The molecule has 0 heterocycles. The zero-order valence-electron chi connectivity index (χ0n) is 7.01. The second kappa shape index (κ2) is 4.23. The Hall–Kier alpha value is -1.09. The molecule has 0 amide bonds. The fraction of sp³-hybridized carbons (Fsp3) is 0.222. The predicted molar refractivity (Wildman–Crippen MR) is 47.4 cm³/mol. The van der Waals surface area contributed by atoms with Crippen molar-refractivity contribution in [1.82, 2.24) is 0 Å². The third kappa shape index (κ3) is 2.18. The first-order valence-electron chi connectivity index (χ1n) is 3.80. The van der Waals surface area contributed by atoms with Crippen molar-refractivity contribution in [2.45, 2.75) is 13.3 Å². The fourth-order valence-corrected chi connectivity index (χ4v) is 1.27. The second-order valence-electron chi connectivity index (χ2n) is 2.52. The van der Waals surface area contributed by atoms with Gasteiger partial charge >= 0.3 is 5.97 Å². The van der Waals surface area contributed by atoms with E-state index >= 15 is 0 Å². The summed E-state index contributed by atoms with van der Waals surface area (Å²) in [4.78, 5) is 13.8. The van der Waals surface area contributed by atoms with Gasteiger partial charge in [0.05, 0.1) is 5.56 Å². The van der Waals surface area contributed by atoms with Crippen LogP contribution in [0.4, 0.5) is 4.53 Å². The molecule has 0 radical (unpaired) electrons. The summed E-state index contributed by atoms with van der Waals surface area (Å²) < 4.78 is 11.5. The molecule has 1 rings (SSSR count). The van der Waals surface area contributed by atoms with Gasteiger partial charge in [-0.1, -0.05) is 18.5 Å². The minimum Gasteiger partial charge on any atom is -0.249 e. The second-order valence-corrected chi connectivity index (χ2v) is 2.93. The highest BCUT2D eigenvalue weighted by Gasteiger charge is 2.09. The molecule has 0 unspecified atom stereocenters. The highest BCUT2D eigenvalue weighted by atomic mass is 35.5. The van der Waals surface area contributed by atoms with E-state index in [4.69, 9.17) is 11.6 Å². The van der Waals surface area contributed by atoms with Crippen molar-refractivity contribution in [3.63, 3.8) is 0 Å². The maximum absolute atomic E-state index is 11.5. The number of hydrogen-bond acceptors (Lipinski definition) is 2. The highest BCUT2D eigenvalue weighted by Crippen LogP contribution is 2.18. The van der Waals surface area contributed by atoms with Crippen molar-refractivity contribution in [2.75, 3.05) is 0 Å². The van der Waals surface area contributed by atoms with Crippen LogP contribution in [0.2, 0.25) is 5.02 Å². The van der Waals surface area contributed by atoms with Gasteiger partial charge in [-0.25, -0.2) is 9.74 Å². The predicted octanol–water partition coefficient (Wildman–Crippen LogP) is 2.94. The highest BCUT2D eigenvalue weighted by molar-refractivity contribution is 6.31. The van der Waals surface area contributed by atoms with Gasteiger partial charge in [-0.2, -0.15) is 0 Å². The number of rotatable bonds is 2. The molecule has 0 fully saturated rings. The molecule has 0 saturated carbocycles. The van der Waals surface area contributed by atoms with E-state index in [0.29, 0.717) is 11.4 Å². The average molecular weight is 203 g/mol. The fourth-order valence-electron chi connectivity index (χ4n) is 1.02. The number of carbonyl (C=O) groups excluding carboxylic acids is 1. The minimum absolute atomic E-state index is 0.170. The van der Waals surface area contributed by atoms with Crippen LogP contribution in [-0.4, -0.2) is 5.97 Å². The first-order valence-corrected chi connectivity index (χ1v) is 4.18. The molecule has 70 valence electrons. The molecule has 1 aromatic carbocycles. The van der Waals surface area contributed by atoms with E-state index in [9.17, 15) is 9.32 Å². The molecule has 4 heteroatoms. The van der Waals surface area contributed by atoms with Gasteiger partial charge in [0.1, 0.15) is 0 Å². The first kappa shape index (κ1) is 9.99. The lowest BCUT2D eigenvalue weighted by atomic mass is 10.1. The Balaban J connectivity index is 3.06. The Morgan fingerprint density at radius 1 is 1.62 bits per heavy atom. The zero-order valence-corrected chi connectivity index (χ0v) is 7.77. The monoisotopic (exact) mass is 202 g/mol. The van der Waals surface area contributed by atoms with Crippen LogP contribution in [0.3, 0.4) is 0 Å². The van der Waals surface area contributed by atoms with Crippen LogP contribution in [0.1, 0.15) is 22.8 Å². The van der Waals surface area contributed by atoms with Gasteiger partial charge in [0.15, 0.2) is 0 Å². The summed E-state index contributed by atoms with van der Waals surface area (Å²) in [6, 6.07) is 4.49. The maximum atomic E-state index is 11.5. The number of carbonyl (C=O) groups is 1. The number of halogens is 2. The molecule has 0 bridgehead atoms. The Morgan fingerprint density at radius 3 is 2.85 bits per heavy atom. The van der Waals surface area contributed by atoms with E-state index in [1.165, 1.54) is 12.1 Å². The van der Waals surface area contributed by atoms with Crippen LogP contribution in [0.25, 0.3) is 0 Å². The smallest absolute Gasteiger partial charge is 0.249 e. The lowest BCUT2D eigenvalue weighted by molar-refractivity contribution is -0.0788. The lowest BCUT2D eigenvalue weighted by Crippen LogP contribution is -1.99. The summed E-state index contributed by atoms with van der Waals surface area (Å²) in [5.41, 5.74) is 0.966. The summed E-state index contributed by atoms with van der Waals surface area (Å²) >= 11 is 5.80. The maximum Gasteiger partial charge on any atom is 0.379 e. The number of benzene rings is 1. The van der Waals surface area contributed by atoms with Gasteiger partial charge < -0.3 is 0 Å². The van der Waals surface area contributed by atoms with Crippen LogP contribution in [0.5, 0.6) is 0 Å². The molecule has 0 aliphatic rings. The normalized spacial score (nSPS) is 9.77. The van der Waals surface area contributed by atoms with E-state index < -0.39 is 5.97 Å². The largest absolute Gasteiger partial charge is 0.379 e. The summed E-state index contributed by atoms with van der Waals surface area (Å²) in [5.74, 6) is -0.994. The molecule has 0 aliphatic heterocycles. The van der Waals surface area contributed by atoms with Crippen molar-refractivity contribution in [3.8, 4) is 0 Å². The molecular formula is C9H8ClFO2. The van der Waals surface area contributed by atoms with Crippen molar-refractivity contribution >= 4 is 17.6 Å². The molecule has 0 aliphatic carbocycles. The Labute approximate surface area is 80.2 Å². The van der Waals surface area contributed by atoms with Gasteiger partial charge in [0.2, 0.25) is 0 Å². The number of hydrogen-bond donors (Lipinski definition) is 0. The number of aryl methyl sites for hydroxylation is 1. The molecule has 0 atom stereocenters. The van der Waals surface area contributed by atoms with Crippen LogP contribution >= 0.6 is 11.6 Å². The van der Waals surface area contributed by atoms with Crippen molar-refractivity contribution in [3.05, 3.63) is 34.3 Å². The van der Waals surface area contributed by atoms with Crippen molar-refractivity contribution < 1.29 is 14.3 Å². The third-order valence-electron chi connectivity index (χ3n) is 1.73. The third-order valence-corrected chi connectivity index (χ3v) is 2.10. The van der Waals surface area contributed by atoms with E-state index in [0.717, 1.165) is 5.56 Å². The van der Waals surface area contributed by atoms with E-state index in [1.54, 1.807) is 6.07 Å². The first-order chi connectivity index (χ1) is 6.19. The van der Waals surface area contributed by atoms with Gasteiger partial charge in [-0.3, -0.25) is 0 Å². The molecule has 0 aromatic heterocycles. The van der Waals surface area contributed by atoms with Crippen LogP contribution in [0.15, 0.2) is 18.2 Å². The van der Waals surface area contributed by atoms with E-state index in [2.05, 4.69) is 4.94 Å². The van der Waals surface area contributed by atoms with Gasteiger partial charge in [0, 0.05) is 9.55 Å².